The number of para-hydroxylation sites is 1. The number of benzene rings is 1. The van der Waals surface area contributed by atoms with Crippen molar-refractivity contribution in [1.29, 1.82) is 0 Å². The molecular weight excluding hydrogens is 364 g/mol. The molecule has 0 radical (unpaired) electrons. The number of hydrogen-bond donors (Lipinski definition) is 1. The summed E-state index contributed by atoms with van der Waals surface area (Å²) in [6.07, 6.45) is 0.761. The Kier molecular flexibility index (Phi) is 4.72. The van der Waals surface area contributed by atoms with Gasteiger partial charge in [0, 0.05) is 23.4 Å². The van der Waals surface area contributed by atoms with E-state index < -0.39 is 0 Å². The average molecular weight is 384 g/mol. The van der Waals surface area contributed by atoms with Crippen LogP contribution in [-0.4, -0.2) is 37.0 Å². The fraction of sp³-hybridized carbons (Fsp3) is 0.300. The van der Waals surface area contributed by atoms with Crippen molar-refractivity contribution in [3.8, 4) is 0 Å². The maximum atomic E-state index is 12.7. The second-order valence-electron chi connectivity index (χ2n) is 6.52. The van der Waals surface area contributed by atoms with Crippen LogP contribution in [0.25, 0.3) is 11.0 Å². The zero-order valence-corrected chi connectivity index (χ0v) is 16.0. The van der Waals surface area contributed by atoms with Crippen molar-refractivity contribution in [2.75, 3.05) is 25.5 Å². The second-order valence-corrected chi connectivity index (χ2v) is 7.62. The smallest absolute Gasteiger partial charge is 0.341 e. The van der Waals surface area contributed by atoms with E-state index in [4.69, 9.17) is 9.15 Å². The largest absolute Gasteiger partial charge is 0.462 e. The monoisotopic (exact) mass is 384 g/mol. The van der Waals surface area contributed by atoms with Gasteiger partial charge in [0.15, 0.2) is 5.76 Å². The van der Waals surface area contributed by atoms with Crippen LogP contribution < -0.4 is 5.32 Å². The summed E-state index contributed by atoms with van der Waals surface area (Å²) >= 11 is 1.43. The minimum absolute atomic E-state index is 0.217. The van der Waals surface area contributed by atoms with E-state index in [0.29, 0.717) is 22.8 Å². The minimum atomic E-state index is -0.389. The van der Waals surface area contributed by atoms with Crippen LogP contribution in [0, 0.1) is 0 Å². The van der Waals surface area contributed by atoms with Crippen molar-refractivity contribution >= 4 is 39.2 Å². The molecule has 1 N–H and O–H groups in total. The minimum Gasteiger partial charge on any atom is -0.462 e. The van der Waals surface area contributed by atoms with Gasteiger partial charge in [-0.25, -0.2) is 4.79 Å². The Balaban J connectivity index is 1.68. The molecule has 27 heavy (non-hydrogen) atoms. The van der Waals surface area contributed by atoms with Gasteiger partial charge in [0.05, 0.1) is 12.2 Å². The van der Waals surface area contributed by atoms with Gasteiger partial charge < -0.3 is 19.4 Å². The molecule has 3 heterocycles. The number of carbonyl (C=O) groups is 2. The Morgan fingerprint density at radius 1 is 1.33 bits per heavy atom. The Hall–Kier alpha value is -2.64. The number of anilines is 1. The van der Waals surface area contributed by atoms with Gasteiger partial charge >= 0.3 is 5.97 Å². The number of thiophene rings is 1. The molecule has 1 aromatic carbocycles. The zero-order valence-electron chi connectivity index (χ0n) is 15.2. The maximum absolute atomic E-state index is 12.7. The van der Waals surface area contributed by atoms with E-state index in [1.54, 1.807) is 13.0 Å². The van der Waals surface area contributed by atoms with Crippen molar-refractivity contribution in [2.45, 2.75) is 19.9 Å². The van der Waals surface area contributed by atoms with Crippen LogP contribution in [0.4, 0.5) is 5.00 Å². The highest BCUT2D eigenvalue weighted by molar-refractivity contribution is 7.17. The van der Waals surface area contributed by atoms with Crippen LogP contribution in [0.5, 0.6) is 0 Å². The van der Waals surface area contributed by atoms with E-state index in [1.807, 2.05) is 31.3 Å². The standard InChI is InChI=1S/C20H20N2O4S/c1-3-25-20(24)17-13-8-9-22(2)11-16(13)27-19(17)21-18(23)15-10-12-6-4-5-7-14(12)26-15/h4-7,10H,3,8-9,11H2,1-2H3,(H,21,23). The fourth-order valence-corrected chi connectivity index (χ4v) is 4.61. The van der Waals surface area contributed by atoms with Crippen LogP contribution in [0.3, 0.4) is 0 Å². The van der Waals surface area contributed by atoms with E-state index in [-0.39, 0.29) is 17.6 Å². The molecule has 2 aromatic heterocycles. The summed E-state index contributed by atoms with van der Waals surface area (Å²) in [6, 6.07) is 9.16. The zero-order chi connectivity index (χ0) is 19.0. The van der Waals surface area contributed by atoms with Crippen LogP contribution in [0.15, 0.2) is 34.7 Å². The summed E-state index contributed by atoms with van der Waals surface area (Å²) in [5, 5.41) is 4.25. The summed E-state index contributed by atoms with van der Waals surface area (Å²) in [5.74, 6) is -0.544. The van der Waals surface area contributed by atoms with Crippen LogP contribution in [0.1, 0.15) is 38.3 Å². The number of carbonyl (C=O) groups excluding carboxylic acids is 2. The number of nitrogens with zero attached hydrogens (tertiary/aromatic N) is 1. The summed E-state index contributed by atoms with van der Waals surface area (Å²) in [4.78, 5) is 28.6. The average Bonchev–Trinajstić information content (AvgIpc) is 3.22. The molecule has 0 fully saturated rings. The molecule has 0 unspecified atom stereocenters. The lowest BCUT2D eigenvalue weighted by Crippen LogP contribution is -2.26. The molecule has 0 saturated carbocycles. The lowest BCUT2D eigenvalue weighted by atomic mass is 10.0. The topological polar surface area (TPSA) is 71.8 Å². The molecule has 0 bridgehead atoms. The van der Waals surface area contributed by atoms with Gasteiger partial charge in [0.1, 0.15) is 10.6 Å². The van der Waals surface area contributed by atoms with Gasteiger partial charge in [-0.2, -0.15) is 0 Å². The number of esters is 1. The van der Waals surface area contributed by atoms with Crippen molar-refractivity contribution in [2.24, 2.45) is 0 Å². The fourth-order valence-electron chi connectivity index (χ4n) is 3.30. The number of ether oxygens (including phenoxy) is 1. The van der Waals surface area contributed by atoms with E-state index in [2.05, 4.69) is 10.2 Å². The van der Waals surface area contributed by atoms with Crippen LogP contribution >= 0.6 is 11.3 Å². The Labute approximate surface area is 160 Å². The molecule has 3 aromatic rings. The summed E-state index contributed by atoms with van der Waals surface area (Å²) in [6.45, 7) is 3.69. The first-order valence-corrected chi connectivity index (χ1v) is 9.68. The second kappa shape index (κ2) is 7.17. The van der Waals surface area contributed by atoms with Crippen molar-refractivity contribution in [3.05, 3.63) is 52.1 Å². The number of nitrogens with one attached hydrogen (secondary N) is 1. The number of fused-ring (bicyclic) bond motifs is 2. The summed E-state index contributed by atoms with van der Waals surface area (Å²) in [7, 11) is 2.04. The third-order valence-corrected chi connectivity index (χ3v) is 5.74. The predicted octanol–water partition coefficient (Wildman–Crippen LogP) is 3.91. The van der Waals surface area contributed by atoms with Gasteiger partial charge in [-0.1, -0.05) is 18.2 Å². The normalized spacial score (nSPS) is 14.1. The number of furan rings is 1. The highest BCUT2D eigenvalue weighted by Crippen LogP contribution is 2.37. The van der Waals surface area contributed by atoms with Gasteiger partial charge in [-0.15, -0.1) is 11.3 Å². The molecule has 1 aliphatic rings. The highest BCUT2D eigenvalue weighted by atomic mass is 32.1. The first kappa shape index (κ1) is 17.8. The first-order valence-electron chi connectivity index (χ1n) is 8.87. The van der Waals surface area contributed by atoms with Gasteiger partial charge in [-0.05, 0) is 38.1 Å². The maximum Gasteiger partial charge on any atom is 0.341 e. The Morgan fingerprint density at radius 3 is 2.93 bits per heavy atom. The lowest BCUT2D eigenvalue weighted by Gasteiger charge is -2.22. The van der Waals surface area contributed by atoms with Gasteiger partial charge in [0.25, 0.3) is 5.91 Å². The molecule has 140 valence electrons. The molecule has 0 aliphatic carbocycles. The number of rotatable bonds is 4. The van der Waals surface area contributed by atoms with E-state index in [0.717, 1.165) is 35.3 Å². The van der Waals surface area contributed by atoms with E-state index >= 15 is 0 Å². The van der Waals surface area contributed by atoms with Crippen LogP contribution in [0.2, 0.25) is 0 Å². The SMILES string of the molecule is CCOC(=O)c1c(NC(=O)c2cc3ccccc3o2)sc2c1CCN(C)C2. The Morgan fingerprint density at radius 2 is 2.15 bits per heavy atom. The number of hydrogen-bond acceptors (Lipinski definition) is 6. The van der Waals surface area contributed by atoms with Crippen LogP contribution in [-0.2, 0) is 17.7 Å². The molecule has 7 heteroatoms. The molecule has 6 nitrogen and oxygen atoms in total. The van der Waals surface area contributed by atoms with Crippen molar-refractivity contribution in [1.82, 2.24) is 4.90 Å². The summed E-state index contributed by atoms with van der Waals surface area (Å²) < 4.78 is 10.9. The predicted molar refractivity (Wildman–Crippen MR) is 104 cm³/mol. The molecule has 0 spiro atoms. The quantitative estimate of drug-likeness (QED) is 0.691. The molecule has 1 aliphatic heterocycles. The van der Waals surface area contributed by atoms with Crippen molar-refractivity contribution < 1.29 is 18.7 Å². The molecule has 0 atom stereocenters. The molecule has 4 rings (SSSR count). The lowest BCUT2D eigenvalue weighted by molar-refractivity contribution is 0.0526. The number of likely N-dealkylation sites (N-methyl/N-ethyl adjacent to an activating group) is 1. The third-order valence-electron chi connectivity index (χ3n) is 4.60. The van der Waals surface area contributed by atoms with E-state index in [1.165, 1.54) is 11.3 Å². The summed E-state index contributed by atoms with van der Waals surface area (Å²) in [5.41, 5.74) is 2.12. The first-order chi connectivity index (χ1) is 13.1. The Bertz CT molecular complexity index is 987. The molecule has 1 amide bonds. The highest BCUT2D eigenvalue weighted by Gasteiger charge is 2.29. The molecule has 0 saturated heterocycles. The van der Waals surface area contributed by atoms with E-state index in [9.17, 15) is 9.59 Å². The van der Waals surface area contributed by atoms with Crippen molar-refractivity contribution in [3.63, 3.8) is 0 Å². The van der Waals surface area contributed by atoms with Gasteiger partial charge in [-0.3, -0.25) is 4.79 Å². The van der Waals surface area contributed by atoms with Gasteiger partial charge in [0.2, 0.25) is 0 Å². The number of amides is 1. The molecular formula is C20H20N2O4S. The third kappa shape index (κ3) is 3.36.